The first-order valence-corrected chi connectivity index (χ1v) is 11.8. The molecule has 1 aromatic carbocycles. The van der Waals surface area contributed by atoms with Gasteiger partial charge in [0.1, 0.15) is 11.9 Å². The summed E-state index contributed by atoms with van der Waals surface area (Å²) in [4.78, 5) is 22.5. The zero-order valence-corrected chi connectivity index (χ0v) is 18.4. The molecule has 1 atom stereocenters. The molecule has 2 aromatic rings. The maximum absolute atomic E-state index is 13.6. The molecule has 1 saturated carbocycles. The van der Waals surface area contributed by atoms with Gasteiger partial charge in [0.25, 0.3) is 0 Å². The van der Waals surface area contributed by atoms with E-state index in [0.29, 0.717) is 17.9 Å². The molecule has 1 spiro atoms. The summed E-state index contributed by atoms with van der Waals surface area (Å²) < 4.78 is 0. The van der Waals surface area contributed by atoms with Crippen LogP contribution in [-0.4, -0.2) is 52.7 Å². The molecule has 1 amide bonds. The van der Waals surface area contributed by atoms with E-state index in [1.807, 2.05) is 42.6 Å². The van der Waals surface area contributed by atoms with Crippen molar-refractivity contribution in [2.75, 3.05) is 24.5 Å². The number of likely N-dealkylation sites (tertiary alicyclic amines) is 1. The topological polar surface area (TPSA) is 80.5 Å². The van der Waals surface area contributed by atoms with Crippen LogP contribution in [0.5, 0.6) is 0 Å². The molecule has 6 heteroatoms. The Balaban J connectivity index is 1.36. The minimum Gasteiger partial charge on any atom is -0.393 e. The number of aliphatic hydroxyl groups is 1. The average molecular weight is 431 g/mol. The van der Waals surface area contributed by atoms with Crippen molar-refractivity contribution in [1.82, 2.24) is 9.88 Å². The van der Waals surface area contributed by atoms with Crippen LogP contribution in [0.2, 0.25) is 0 Å². The smallest absolute Gasteiger partial charge is 0.230 e. The first kappa shape index (κ1) is 21.0. The van der Waals surface area contributed by atoms with Crippen LogP contribution in [0, 0.1) is 16.7 Å². The molecule has 2 saturated heterocycles. The number of aliphatic hydroxyl groups excluding tert-OH is 1. The highest BCUT2D eigenvalue weighted by Gasteiger charge is 2.51. The maximum Gasteiger partial charge on any atom is 0.230 e. The second-order valence-electron chi connectivity index (χ2n) is 9.59. The number of aromatic nitrogens is 1. The number of carbonyl (C=O) groups excluding carboxylic acids is 1. The normalized spacial score (nSPS) is 28.2. The van der Waals surface area contributed by atoms with Crippen LogP contribution in [-0.2, 0) is 4.79 Å². The lowest BCUT2D eigenvalue weighted by Gasteiger charge is -2.41. The number of nitrogens with zero attached hydrogens (tertiary/aromatic N) is 4. The fourth-order valence-corrected chi connectivity index (χ4v) is 5.84. The molecular formula is C26H30N4O2. The highest BCUT2D eigenvalue weighted by molar-refractivity contribution is 5.86. The summed E-state index contributed by atoms with van der Waals surface area (Å²) in [6, 6.07) is 14.5. The monoisotopic (exact) mass is 430 g/mol. The SMILES string of the molecule is N#Cc1cc(-c2ccccc2)cnc1N1CCCC2(CCN([C@H]3CC[C@H](O)CC3)C2=O)C1. The fourth-order valence-electron chi connectivity index (χ4n) is 5.84. The number of rotatable bonds is 3. The van der Waals surface area contributed by atoms with Gasteiger partial charge in [0.15, 0.2) is 0 Å². The molecule has 1 unspecified atom stereocenters. The Morgan fingerprint density at radius 3 is 2.59 bits per heavy atom. The van der Waals surface area contributed by atoms with E-state index < -0.39 is 0 Å². The van der Waals surface area contributed by atoms with Crippen molar-refractivity contribution >= 4 is 11.7 Å². The second kappa shape index (κ2) is 8.55. The molecule has 3 fully saturated rings. The van der Waals surface area contributed by atoms with E-state index in [9.17, 15) is 15.2 Å². The predicted octanol–water partition coefficient (Wildman–Crippen LogP) is 3.74. The molecule has 2 aliphatic heterocycles. The third-order valence-corrected chi connectivity index (χ3v) is 7.62. The van der Waals surface area contributed by atoms with E-state index in [1.54, 1.807) is 0 Å². The molecule has 32 heavy (non-hydrogen) atoms. The number of nitriles is 1. The number of benzene rings is 1. The van der Waals surface area contributed by atoms with Crippen molar-refractivity contribution in [3.63, 3.8) is 0 Å². The third-order valence-electron chi connectivity index (χ3n) is 7.62. The highest BCUT2D eigenvalue weighted by atomic mass is 16.3. The Bertz CT molecular complexity index is 1030. The summed E-state index contributed by atoms with van der Waals surface area (Å²) in [6.07, 6.45) is 7.69. The van der Waals surface area contributed by atoms with Crippen LogP contribution >= 0.6 is 0 Å². The molecule has 6 nitrogen and oxygen atoms in total. The minimum atomic E-state index is -0.374. The second-order valence-corrected chi connectivity index (χ2v) is 9.59. The molecule has 3 aliphatic rings. The lowest BCUT2D eigenvalue weighted by molar-refractivity contribution is -0.139. The first-order chi connectivity index (χ1) is 15.6. The van der Waals surface area contributed by atoms with Gasteiger partial charge in [-0.05, 0) is 56.6 Å². The van der Waals surface area contributed by atoms with Gasteiger partial charge < -0.3 is 14.9 Å². The van der Waals surface area contributed by atoms with Crippen molar-refractivity contribution in [1.29, 1.82) is 5.26 Å². The van der Waals surface area contributed by atoms with Crippen molar-refractivity contribution in [2.45, 2.75) is 57.1 Å². The number of piperidine rings is 1. The fraction of sp³-hybridized carbons (Fsp3) is 0.500. The van der Waals surface area contributed by atoms with Gasteiger partial charge in [-0.15, -0.1) is 0 Å². The van der Waals surface area contributed by atoms with Crippen LogP contribution in [0.1, 0.15) is 50.5 Å². The molecule has 3 heterocycles. The van der Waals surface area contributed by atoms with Crippen LogP contribution in [0.4, 0.5) is 5.82 Å². The van der Waals surface area contributed by atoms with Gasteiger partial charge in [0.2, 0.25) is 5.91 Å². The average Bonchev–Trinajstić information content (AvgIpc) is 3.15. The zero-order chi connectivity index (χ0) is 22.1. The summed E-state index contributed by atoms with van der Waals surface area (Å²) in [5.41, 5.74) is 2.16. The third kappa shape index (κ3) is 3.75. The van der Waals surface area contributed by atoms with E-state index in [4.69, 9.17) is 4.98 Å². The Hall–Kier alpha value is -2.91. The van der Waals surface area contributed by atoms with Gasteiger partial charge >= 0.3 is 0 Å². The predicted molar refractivity (Wildman–Crippen MR) is 123 cm³/mol. The van der Waals surface area contributed by atoms with Crippen molar-refractivity contribution in [2.24, 2.45) is 5.41 Å². The van der Waals surface area contributed by atoms with Crippen molar-refractivity contribution in [3.05, 3.63) is 48.2 Å². The standard InChI is InChI=1S/C26H30N4O2/c27-16-20-15-21(19-5-2-1-3-6-19)17-28-24(20)29-13-4-11-26(18-29)12-14-30(25(26)32)22-7-9-23(31)10-8-22/h1-3,5-6,15,17,22-23,31H,4,7-14,18H2/t22-,23-,26?. The Kier molecular flexibility index (Phi) is 5.60. The Labute approximate surface area is 189 Å². The Morgan fingerprint density at radius 1 is 1.06 bits per heavy atom. The van der Waals surface area contributed by atoms with Gasteiger partial charge in [-0.2, -0.15) is 5.26 Å². The van der Waals surface area contributed by atoms with Gasteiger partial charge in [-0.25, -0.2) is 4.98 Å². The number of hydrogen-bond donors (Lipinski definition) is 1. The van der Waals surface area contributed by atoms with Crippen LogP contribution in [0.15, 0.2) is 42.6 Å². The van der Waals surface area contributed by atoms with Crippen LogP contribution < -0.4 is 4.90 Å². The number of carbonyl (C=O) groups is 1. The molecule has 1 aliphatic carbocycles. The minimum absolute atomic E-state index is 0.211. The van der Waals surface area contributed by atoms with Crippen LogP contribution in [0.3, 0.4) is 0 Å². The van der Waals surface area contributed by atoms with Crippen molar-refractivity contribution < 1.29 is 9.90 Å². The number of anilines is 1. The van der Waals surface area contributed by atoms with Crippen molar-refractivity contribution in [3.8, 4) is 17.2 Å². The van der Waals surface area contributed by atoms with E-state index in [-0.39, 0.29) is 23.5 Å². The largest absolute Gasteiger partial charge is 0.393 e. The Morgan fingerprint density at radius 2 is 1.84 bits per heavy atom. The number of amides is 1. The molecule has 1 aromatic heterocycles. The van der Waals surface area contributed by atoms with Crippen LogP contribution in [0.25, 0.3) is 11.1 Å². The lowest BCUT2D eigenvalue weighted by Crippen LogP contribution is -2.50. The summed E-state index contributed by atoms with van der Waals surface area (Å²) >= 11 is 0. The molecule has 166 valence electrons. The summed E-state index contributed by atoms with van der Waals surface area (Å²) in [7, 11) is 0. The van der Waals surface area contributed by atoms with E-state index in [1.165, 1.54) is 0 Å². The summed E-state index contributed by atoms with van der Waals surface area (Å²) in [5, 5.41) is 19.7. The highest BCUT2D eigenvalue weighted by Crippen LogP contribution is 2.43. The van der Waals surface area contributed by atoms with E-state index in [0.717, 1.165) is 69.2 Å². The number of hydrogen-bond acceptors (Lipinski definition) is 5. The molecule has 0 radical (unpaired) electrons. The molecule has 5 rings (SSSR count). The first-order valence-electron chi connectivity index (χ1n) is 11.8. The maximum atomic E-state index is 13.6. The van der Waals surface area contributed by atoms with Gasteiger partial charge in [0, 0.05) is 37.4 Å². The summed E-state index contributed by atoms with van der Waals surface area (Å²) in [6.45, 7) is 2.25. The van der Waals surface area contributed by atoms with E-state index in [2.05, 4.69) is 15.9 Å². The molecule has 1 N–H and O–H groups in total. The van der Waals surface area contributed by atoms with Gasteiger partial charge in [0.05, 0.1) is 17.1 Å². The van der Waals surface area contributed by atoms with E-state index >= 15 is 0 Å². The van der Waals surface area contributed by atoms with Gasteiger partial charge in [-0.1, -0.05) is 30.3 Å². The molecular weight excluding hydrogens is 400 g/mol. The number of pyridine rings is 1. The van der Waals surface area contributed by atoms with Gasteiger partial charge in [-0.3, -0.25) is 4.79 Å². The lowest BCUT2D eigenvalue weighted by atomic mass is 9.78. The summed E-state index contributed by atoms with van der Waals surface area (Å²) in [5.74, 6) is 0.960. The zero-order valence-electron chi connectivity index (χ0n) is 18.4. The quantitative estimate of drug-likeness (QED) is 0.802. The molecule has 0 bridgehead atoms.